The van der Waals surface area contributed by atoms with E-state index in [2.05, 4.69) is 22.4 Å². The van der Waals surface area contributed by atoms with E-state index >= 15 is 0 Å². The third-order valence-electron chi connectivity index (χ3n) is 3.49. The van der Waals surface area contributed by atoms with Crippen molar-refractivity contribution in [2.24, 2.45) is 11.8 Å². The highest BCUT2D eigenvalue weighted by Gasteiger charge is 2.44. The minimum atomic E-state index is 0.819. The maximum atomic E-state index is 3.46. The van der Waals surface area contributed by atoms with Gasteiger partial charge in [-0.1, -0.05) is 0 Å². The van der Waals surface area contributed by atoms with E-state index in [1.807, 2.05) is 6.20 Å². The van der Waals surface area contributed by atoms with Gasteiger partial charge in [0.05, 0.1) is 0 Å². The second kappa shape index (κ2) is 2.36. The van der Waals surface area contributed by atoms with Gasteiger partial charge < -0.3 is 10.3 Å². The summed E-state index contributed by atoms with van der Waals surface area (Å²) in [6.07, 6.45) is 3.42. The zero-order chi connectivity index (χ0) is 7.97. The van der Waals surface area contributed by atoms with E-state index in [1.165, 1.54) is 25.2 Å². The Hall–Kier alpha value is -0.760. The lowest BCUT2D eigenvalue weighted by atomic mass is 9.65. The van der Waals surface area contributed by atoms with Crippen molar-refractivity contribution in [3.8, 4) is 0 Å². The molecule has 1 saturated carbocycles. The van der Waals surface area contributed by atoms with Crippen LogP contribution in [-0.4, -0.2) is 18.1 Å². The Kier molecular flexibility index (Phi) is 1.32. The van der Waals surface area contributed by atoms with Crippen molar-refractivity contribution in [3.63, 3.8) is 0 Å². The van der Waals surface area contributed by atoms with Gasteiger partial charge in [-0.15, -0.1) is 0 Å². The molecule has 1 aliphatic carbocycles. The van der Waals surface area contributed by atoms with E-state index in [9.17, 15) is 0 Å². The molecule has 1 aromatic heterocycles. The number of hydrogen-bond donors (Lipinski definition) is 2. The van der Waals surface area contributed by atoms with E-state index < -0.39 is 0 Å². The molecule has 2 nitrogen and oxygen atoms in total. The van der Waals surface area contributed by atoms with Crippen LogP contribution in [0.1, 0.15) is 18.0 Å². The normalized spacial score (nSPS) is 39.2. The molecular formula is C10H14N2. The summed E-state index contributed by atoms with van der Waals surface area (Å²) in [5.41, 5.74) is 1.44. The minimum absolute atomic E-state index is 0.819. The summed E-state index contributed by atoms with van der Waals surface area (Å²) >= 11 is 0. The molecule has 3 atom stereocenters. The molecule has 1 saturated heterocycles. The molecule has 2 aliphatic rings. The summed E-state index contributed by atoms with van der Waals surface area (Å²) < 4.78 is 0. The highest BCUT2D eigenvalue weighted by molar-refractivity contribution is 5.18. The Morgan fingerprint density at radius 1 is 1.33 bits per heavy atom. The zero-order valence-electron chi connectivity index (χ0n) is 7.09. The van der Waals surface area contributed by atoms with Crippen molar-refractivity contribution in [1.29, 1.82) is 0 Å². The Balaban J connectivity index is 1.81. The molecule has 2 heterocycles. The fourth-order valence-electron chi connectivity index (χ4n) is 2.72. The number of H-pyrrole nitrogens is 1. The molecule has 0 bridgehead atoms. The van der Waals surface area contributed by atoms with Crippen LogP contribution in [0.4, 0.5) is 0 Å². The number of aromatic amines is 1. The van der Waals surface area contributed by atoms with Crippen LogP contribution in [-0.2, 0) is 0 Å². The monoisotopic (exact) mass is 162 g/mol. The highest BCUT2D eigenvalue weighted by Crippen LogP contribution is 2.48. The van der Waals surface area contributed by atoms with Crippen LogP contribution < -0.4 is 5.32 Å². The lowest BCUT2D eigenvalue weighted by Gasteiger charge is -2.39. The number of aromatic nitrogens is 1. The van der Waals surface area contributed by atoms with Gasteiger partial charge in [-0.05, 0) is 43.5 Å². The number of nitrogens with one attached hydrogen (secondary N) is 2. The van der Waals surface area contributed by atoms with Gasteiger partial charge in [-0.3, -0.25) is 0 Å². The average Bonchev–Trinajstić information content (AvgIpc) is 2.62. The molecule has 2 heteroatoms. The Morgan fingerprint density at radius 3 is 3.08 bits per heavy atom. The van der Waals surface area contributed by atoms with Crippen LogP contribution in [0.3, 0.4) is 0 Å². The van der Waals surface area contributed by atoms with Crippen molar-refractivity contribution in [2.75, 3.05) is 13.1 Å². The third-order valence-corrected chi connectivity index (χ3v) is 3.49. The molecule has 2 fully saturated rings. The van der Waals surface area contributed by atoms with Crippen molar-refractivity contribution in [1.82, 2.24) is 10.3 Å². The van der Waals surface area contributed by atoms with Crippen LogP contribution in [0.2, 0.25) is 0 Å². The van der Waals surface area contributed by atoms with Crippen LogP contribution >= 0.6 is 0 Å². The standard InChI is InChI=1S/C10H14N2/c1-2-10(12-3-1)8-4-7-5-11-6-9(7)8/h1-3,7-9,11-12H,4-6H2. The summed E-state index contributed by atoms with van der Waals surface area (Å²) in [6.45, 7) is 2.48. The fourth-order valence-corrected chi connectivity index (χ4v) is 2.72. The lowest BCUT2D eigenvalue weighted by Crippen LogP contribution is -2.33. The Bertz CT molecular complexity index is 265. The molecule has 0 aromatic carbocycles. The summed E-state index contributed by atoms with van der Waals surface area (Å²) in [6, 6.07) is 4.32. The van der Waals surface area contributed by atoms with E-state index in [0.29, 0.717) is 0 Å². The molecule has 3 rings (SSSR count). The first-order valence-corrected chi connectivity index (χ1v) is 4.79. The number of rotatable bonds is 1. The van der Waals surface area contributed by atoms with Gasteiger partial charge in [0.2, 0.25) is 0 Å². The smallest absolute Gasteiger partial charge is 0.0182 e. The summed E-state index contributed by atoms with van der Waals surface area (Å²) in [7, 11) is 0. The van der Waals surface area contributed by atoms with E-state index in [0.717, 1.165) is 17.8 Å². The summed E-state index contributed by atoms with van der Waals surface area (Å²) in [5.74, 6) is 2.71. The average molecular weight is 162 g/mol. The predicted octanol–water partition coefficient (Wildman–Crippen LogP) is 1.34. The molecule has 0 amide bonds. The molecular weight excluding hydrogens is 148 g/mol. The first-order valence-electron chi connectivity index (χ1n) is 4.79. The van der Waals surface area contributed by atoms with Crippen molar-refractivity contribution in [3.05, 3.63) is 24.0 Å². The first-order chi connectivity index (χ1) is 5.95. The molecule has 3 unspecified atom stereocenters. The quantitative estimate of drug-likeness (QED) is 0.640. The maximum Gasteiger partial charge on any atom is 0.0182 e. The molecule has 2 N–H and O–H groups in total. The molecule has 1 aliphatic heterocycles. The van der Waals surface area contributed by atoms with E-state index in [1.54, 1.807) is 0 Å². The zero-order valence-corrected chi connectivity index (χ0v) is 7.09. The topological polar surface area (TPSA) is 27.8 Å². The molecule has 1 aromatic rings. The number of fused-ring (bicyclic) bond motifs is 1. The van der Waals surface area contributed by atoms with Gasteiger partial charge in [-0.25, -0.2) is 0 Å². The van der Waals surface area contributed by atoms with Crippen LogP contribution in [0.15, 0.2) is 18.3 Å². The van der Waals surface area contributed by atoms with Crippen LogP contribution in [0.25, 0.3) is 0 Å². The Morgan fingerprint density at radius 2 is 2.33 bits per heavy atom. The maximum absolute atomic E-state index is 3.46. The second-order valence-electron chi connectivity index (χ2n) is 4.05. The molecule has 0 spiro atoms. The SMILES string of the molecule is c1c[nH]c(C2CC3CNCC32)c1. The van der Waals surface area contributed by atoms with Gasteiger partial charge in [0.25, 0.3) is 0 Å². The van der Waals surface area contributed by atoms with Gasteiger partial charge in [0.1, 0.15) is 0 Å². The lowest BCUT2D eigenvalue weighted by molar-refractivity contribution is 0.187. The van der Waals surface area contributed by atoms with Crippen molar-refractivity contribution < 1.29 is 0 Å². The van der Waals surface area contributed by atoms with E-state index in [4.69, 9.17) is 0 Å². The largest absolute Gasteiger partial charge is 0.365 e. The highest BCUT2D eigenvalue weighted by atomic mass is 14.9. The van der Waals surface area contributed by atoms with Crippen LogP contribution in [0, 0.1) is 11.8 Å². The van der Waals surface area contributed by atoms with E-state index in [-0.39, 0.29) is 0 Å². The van der Waals surface area contributed by atoms with Crippen molar-refractivity contribution in [2.45, 2.75) is 12.3 Å². The second-order valence-corrected chi connectivity index (χ2v) is 4.05. The third kappa shape index (κ3) is 0.787. The van der Waals surface area contributed by atoms with Gasteiger partial charge in [-0.2, -0.15) is 0 Å². The van der Waals surface area contributed by atoms with Gasteiger partial charge in [0.15, 0.2) is 0 Å². The van der Waals surface area contributed by atoms with Gasteiger partial charge >= 0.3 is 0 Å². The number of hydrogen-bond acceptors (Lipinski definition) is 1. The predicted molar refractivity (Wildman–Crippen MR) is 48.0 cm³/mol. The molecule has 64 valence electrons. The minimum Gasteiger partial charge on any atom is -0.365 e. The van der Waals surface area contributed by atoms with Crippen LogP contribution in [0.5, 0.6) is 0 Å². The first kappa shape index (κ1) is 6.72. The van der Waals surface area contributed by atoms with Gasteiger partial charge in [0, 0.05) is 17.8 Å². The summed E-state index contributed by atoms with van der Waals surface area (Å²) in [4.78, 5) is 3.32. The fraction of sp³-hybridized carbons (Fsp3) is 0.600. The molecule has 12 heavy (non-hydrogen) atoms. The molecule has 0 radical (unpaired) electrons. The van der Waals surface area contributed by atoms with Crippen molar-refractivity contribution >= 4 is 0 Å². The Labute approximate surface area is 72.4 Å². The summed E-state index contributed by atoms with van der Waals surface area (Å²) in [5, 5.41) is 3.46.